The minimum atomic E-state index is -0.506. The summed E-state index contributed by atoms with van der Waals surface area (Å²) in [5, 5.41) is 0. The molecule has 5 nitrogen and oxygen atoms in total. The Hall–Kier alpha value is -2.04. The van der Waals surface area contributed by atoms with Gasteiger partial charge >= 0.3 is 5.76 Å². The number of rotatable bonds is 4. The van der Waals surface area contributed by atoms with Crippen molar-refractivity contribution in [2.75, 3.05) is 13.6 Å². The number of unbranched alkanes of at least 4 members (excludes halogenated alkanes) is 1. The molecule has 0 fully saturated rings. The van der Waals surface area contributed by atoms with Crippen LogP contribution in [0.4, 0.5) is 0 Å². The van der Waals surface area contributed by atoms with Gasteiger partial charge in [-0.25, -0.2) is 4.79 Å². The number of aromatic nitrogens is 1. The molecule has 2 aromatic rings. The molecule has 1 amide bonds. The average Bonchev–Trinajstić information content (AvgIpc) is 2.73. The number of hydrogen-bond donors (Lipinski definition) is 1. The van der Waals surface area contributed by atoms with E-state index in [0.717, 1.165) is 19.4 Å². The van der Waals surface area contributed by atoms with E-state index in [1.807, 2.05) is 0 Å². The molecular weight excluding hydrogens is 232 g/mol. The van der Waals surface area contributed by atoms with Crippen LogP contribution in [0.3, 0.4) is 0 Å². The highest BCUT2D eigenvalue weighted by molar-refractivity contribution is 5.96. The van der Waals surface area contributed by atoms with Crippen LogP contribution < -0.4 is 5.76 Å². The van der Waals surface area contributed by atoms with E-state index >= 15 is 0 Å². The zero-order chi connectivity index (χ0) is 13.1. The van der Waals surface area contributed by atoms with Crippen molar-refractivity contribution in [3.8, 4) is 0 Å². The monoisotopic (exact) mass is 248 g/mol. The van der Waals surface area contributed by atoms with Gasteiger partial charge in [-0.05, 0) is 24.6 Å². The highest BCUT2D eigenvalue weighted by atomic mass is 16.4. The van der Waals surface area contributed by atoms with Crippen LogP contribution in [0.15, 0.2) is 27.4 Å². The predicted octanol–water partition coefficient (Wildman–Crippen LogP) is 1.99. The molecule has 0 aliphatic carbocycles. The first-order valence-electron chi connectivity index (χ1n) is 6.00. The summed E-state index contributed by atoms with van der Waals surface area (Å²) in [5.41, 5.74) is 1.55. The number of nitrogens with zero attached hydrogens (tertiary/aromatic N) is 1. The molecule has 1 N–H and O–H groups in total. The molecule has 1 heterocycles. The van der Waals surface area contributed by atoms with Gasteiger partial charge in [0.2, 0.25) is 0 Å². The molecule has 0 unspecified atom stereocenters. The number of carbonyl (C=O) groups excluding carboxylic acids is 1. The summed E-state index contributed by atoms with van der Waals surface area (Å²) < 4.78 is 4.94. The molecule has 2 rings (SSSR count). The molecule has 0 spiro atoms. The van der Waals surface area contributed by atoms with Gasteiger partial charge in [0.1, 0.15) is 0 Å². The van der Waals surface area contributed by atoms with Crippen molar-refractivity contribution < 1.29 is 9.21 Å². The first-order valence-corrected chi connectivity index (χ1v) is 6.00. The average molecular weight is 248 g/mol. The maximum atomic E-state index is 12.1. The molecule has 0 aliphatic rings. The van der Waals surface area contributed by atoms with Crippen LogP contribution >= 0.6 is 0 Å². The molecule has 5 heteroatoms. The second-order valence-corrected chi connectivity index (χ2v) is 4.31. The summed E-state index contributed by atoms with van der Waals surface area (Å²) in [5.74, 6) is -0.567. The van der Waals surface area contributed by atoms with Gasteiger partial charge in [-0.15, -0.1) is 0 Å². The molecule has 96 valence electrons. The Morgan fingerprint density at radius 1 is 1.44 bits per heavy atom. The van der Waals surface area contributed by atoms with Gasteiger partial charge < -0.3 is 9.32 Å². The van der Waals surface area contributed by atoms with Gasteiger partial charge in [0.05, 0.1) is 5.52 Å². The minimum absolute atomic E-state index is 0.0609. The fraction of sp³-hybridized carbons (Fsp3) is 0.385. The van der Waals surface area contributed by atoms with E-state index in [2.05, 4.69) is 11.9 Å². The number of aromatic amines is 1. The van der Waals surface area contributed by atoms with E-state index in [4.69, 9.17) is 4.42 Å². The summed E-state index contributed by atoms with van der Waals surface area (Å²) in [6.07, 6.45) is 2.02. The summed E-state index contributed by atoms with van der Waals surface area (Å²) in [7, 11) is 1.77. The van der Waals surface area contributed by atoms with Gasteiger partial charge in [-0.3, -0.25) is 9.78 Å². The third-order valence-electron chi connectivity index (χ3n) is 2.86. The number of carbonyl (C=O) groups is 1. The minimum Gasteiger partial charge on any atom is -0.408 e. The Labute approximate surface area is 104 Å². The Morgan fingerprint density at radius 3 is 2.94 bits per heavy atom. The molecule has 1 aromatic heterocycles. The van der Waals surface area contributed by atoms with Crippen molar-refractivity contribution in [3.63, 3.8) is 0 Å². The van der Waals surface area contributed by atoms with E-state index in [1.54, 1.807) is 30.1 Å². The van der Waals surface area contributed by atoms with Crippen molar-refractivity contribution in [3.05, 3.63) is 34.3 Å². The van der Waals surface area contributed by atoms with E-state index in [9.17, 15) is 9.59 Å². The van der Waals surface area contributed by atoms with E-state index in [-0.39, 0.29) is 5.91 Å². The highest BCUT2D eigenvalue weighted by Gasteiger charge is 2.12. The predicted molar refractivity (Wildman–Crippen MR) is 68.7 cm³/mol. The fourth-order valence-corrected chi connectivity index (χ4v) is 1.80. The SMILES string of the molecule is CCCCN(C)C(=O)c1ccc2[nH]c(=O)oc2c1. The number of hydrogen-bond acceptors (Lipinski definition) is 3. The maximum absolute atomic E-state index is 12.1. The largest absolute Gasteiger partial charge is 0.417 e. The number of fused-ring (bicyclic) bond motifs is 1. The summed E-state index contributed by atoms with van der Waals surface area (Å²) in [4.78, 5) is 27.3. The Bertz CT molecular complexity index is 612. The summed E-state index contributed by atoms with van der Waals surface area (Å²) >= 11 is 0. The van der Waals surface area contributed by atoms with Crippen molar-refractivity contribution >= 4 is 17.0 Å². The number of H-pyrrole nitrogens is 1. The topological polar surface area (TPSA) is 66.3 Å². The Morgan fingerprint density at radius 2 is 2.22 bits per heavy atom. The van der Waals surface area contributed by atoms with Crippen LogP contribution in [-0.4, -0.2) is 29.4 Å². The molecular formula is C13H16N2O3. The van der Waals surface area contributed by atoms with Crippen molar-refractivity contribution in [1.29, 1.82) is 0 Å². The molecule has 1 aromatic carbocycles. The Kier molecular flexibility index (Phi) is 3.50. The van der Waals surface area contributed by atoms with Crippen LogP contribution in [0.5, 0.6) is 0 Å². The first-order chi connectivity index (χ1) is 8.61. The van der Waals surface area contributed by atoms with E-state index < -0.39 is 5.76 Å². The molecule has 0 saturated heterocycles. The third kappa shape index (κ3) is 2.45. The normalized spacial score (nSPS) is 10.8. The molecule has 0 aliphatic heterocycles. The third-order valence-corrected chi connectivity index (χ3v) is 2.86. The van der Waals surface area contributed by atoms with Gasteiger partial charge in [-0.1, -0.05) is 13.3 Å². The van der Waals surface area contributed by atoms with Crippen molar-refractivity contribution in [2.45, 2.75) is 19.8 Å². The van der Waals surface area contributed by atoms with E-state index in [0.29, 0.717) is 16.7 Å². The molecule has 0 radical (unpaired) electrons. The number of oxazole rings is 1. The quantitative estimate of drug-likeness (QED) is 0.899. The zero-order valence-electron chi connectivity index (χ0n) is 10.5. The van der Waals surface area contributed by atoms with Crippen LogP contribution in [0.2, 0.25) is 0 Å². The van der Waals surface area contributed by atoms with Gasteiger partial charge in [-0.2, -0.15) is 0 Å². The lowest BCUT2D eigenvalue weighted by molar-refractivity contribution is 0.0793. The first kappa shape index (κ1) is 12.4. The van der Waals surface area contributed by atoms with Crippen LogP contribution in [0.25, 0.3) is 11.1 Å². The van der Waals surface area contributed by atoms with Gasteiger partial charge in [0, 0.05) is 19.2 Å². The van der Waals surface area contributed by atoms with E-state index in [1.165, 1.54) is 0 Å². The lowest BCUT2D eigenvalue weighted by Crippen LogP contribution is -2.27. The summed E-state index contributed by atoms with van der Waals surface area (Å²) in [6.45, 7) is 2.81. The molecule has 18 heavy (non-hydrogen) atoms. The second kappa shape index (κ2) is 5.08. The smallest absolute Gasteiger partial charge is 0.408 e. The number of benzene rings is 1. The van der Waals surface area contributed by atoms with Crippen LogP contribution in [-0.2, 0) is 0 Å². The lowest BCUT2D eigenvalue weighted by atomic mass is 10.2. The summed E-state index contributed by atoms with van der Waals surface area (Å²) in [6, 6.07) is 4.97. The molecule has 0 saturated carbocycles. The fourth-order valence-electron chi connectivity index (χ4n) is 1.80. The van der Waals surface area contributed by atoms with Crippen molar-refractivity contribution in [1.82, 2.24) is 9.88 Å². The maximum Gasteiger partial charge on any atom is 0.417 e. The number of nitrogens with one attached hydrogen (secondary N) is 1. The standard InChI is InChI=1S/C13H16N2O3/c1-3-4-7-15(2)12(16)9-5-6-10-11(8-9)18-13(17)14-10/h5-6,8H,3-4,7H2,1-2H3,(H,14,17). The highest BCUT2D eigenvalue weighted by Crippen LogP contribution is 2.13. The second-order valence-electron chi connectivity index (χ2n) is 4.31. The van der Waals surface area contributed by atoms with Gasteiger partial charge in [0.15, 0.2) is 5.58 Å². The lowest BCUT2D eigenvalue weighted by Gasteiger charge is -2.16. The number of amides is 1. The zero-order valence-corrected chi connectivity index (χ0v) is 10.5. The van der Waals surface area contributed by atoms with Crippen LogP contribution in [0, 0.1) is 0 Å². The van der Waals surface area contributed by atoms with Gasteiger partial charge in [0.25, 0.3) is 5.91 Å². The van der Waals surface area contributed by atoms with Crippen molar-refractivity contribution in [2.24, 2.45) is 0 Å². The molecule has 0 atom stereocenters. The molecule has 0 bridgehead atoms. The Balaban J connectivity index is 2.24. The van der Waals surface area contributed by atoms with Crippen LogP contribution in [0.1, 0.15) is 30.1 Å².